The summed E-state index contributed by atoms with van der Waals surface area (Å²) >= 11 is 0.765. The minimum Gasteiger partial charge on any atom is -0.493 e. The number of ether oxygens (including phenoxy) is 2. The van der Waals surface area contributed by atoms with Crippen LogP contribution >= 0.6 is 11.8 Å². The molecule has 146 valence electrons. The smallest absolute Gasteiger partial charge is 0.294 e. The topological polar surface area (TPSA) is 111 Å². The third-order valence-corrected chi connectivity index (χ3v) is 4.68. The van der Waals surface area contributed by atoms with Gasteiger partial charge in [-0.15, -0.1) is 0 Å². The van der Waals surface area contributed by atoms with Crippen molar-refractivity contribution in [2.24, 2.45) is 0 Å². The second-order valence-corrected chi connectivity index (χ2v) is 6.75. The molecule has 0 radical (unpaired) electrons. The first-order chi connectivity index (χ1) is 13.4. The summed E-state index contributed by atoms with van der Waals surface area (Å²) in [5.41, 5.74) is 0.658. The molecule has 1 fully saturated rings. The number of benzene rings is 1. The van der Waals surface area contributed by atoms with Crippen LogP contribution in [0.4, 0.5) is 10.6 Å². The SMILES string of the molecule is COc1ccc(/C=C2/SC(=O)N(CC(=O)Nc3cc(C)on3)C2=O)cc1OC. The van der Waals surface area contributed by atoms with E-state index in [-0.39, 0.29) is 10.7 Å². The van der Waals surface area contributed by atoms with Crippen molar-refractivity contribution in [2.75, 3.05) is 26.1 Å². The number of aromatic nitrogens is 1. The Hall–Kier alpha value is -3.27. The van der Waals surface area contributed by atoms with Crippen molar-refractivity contribution in [3.63, 3.8) is 0 Å². The Balaban J connectivity index is 1.72. The Kier molecular flexibility index (Phi) is 5.69. The Morgan fingerprint density at radius 3 is 2.64 bits per heavy atom. The van der Waals surface area contributed by atoms with Crippen LogP contribution in [-0.2, 0) is 9.59 Å². The number of methoxy groups -OCH3 is 2. The van der Waals surface area contributed by atoms with E-state index in [1.54, 1.807) is 31.2 Å². The van der Waals surface area contributed by atoms with Gasteiger partial charge in [0.05, 0.1) is 19.1 Å². The third-order valence-electron chi connectivity index (χ3n) is 3.78. The van der Waals surface area contributed by atoms with Crippen LogP contribution in [0.2, 0.25) is 0 Å². The number of hydrogen-bond acceptors (Lipinski definition) is 8. The zero-order valence-corrected chi connectivity index (χ0v) is 16.2. The van der Waals surface area contributed by atoms with Crippen molar-refractivity contribution < 1.29 is 28.4 Å². The van der Waals surface area contributed by atoms with Gasteiger partial charge in [0, 0.05) is 6.07 Å². The van der Waals surface area contributed by atoms with E-state index in [1.807, 2.05) is 0 Å². The average Bonchev–Trinajstić information content (AvgIpc) is 3.19. The molecule has 2 heterocycles. The van der Waals surface area contributed by atoms with Gasteiger partial charge in [0.15, 0.2) is 17.3 Å². The maximum atomic E-state index is 12.5. The maximum Gasteiger partial charge on any atom is 0.294 e. The van der Waals surface area contributed by atoms with Crippen molar-refractivity contribution >= 4 is 40.7 Å². The van der Waals surface area contributed by atoms with Gasteiger partial charge in [-0.25, -0.2) is 0 Å². The predicted octanol–water partition coefficient (Wildman–Crippen LogP) is 2.68. The number of carbonyl (C=O) groups excluding carboxylic acids is 3. The van der Waals surface area contributed by atoms with Crippen molar-refractivity contribution in [3.8, 4) is 11.5 Å². The van der Waals surface area contributed by atoms with E-state index in [9.17, 15) is 14.4 Å². The number of imide groups is 1. The van der Waals surface area contributed by atoms with Gasteiger partial charge >= 0.3 is 0 Å². The molecule has 1 saturated heterocycles. The van der Waals surface area contributed by atoms with Crippen LogP contribution in [0.15, 0.2) is 33.7 Å². The standard InChI is InChI=1S/C18H17N3O6S/c1-10-6-15(20-27-10)19-16(22)9-21-17(23)14(28-18(21)24)8-11-4-5-12(25-2)13(7-11)26-3/h4-8H,9H2,1-3H3,(H,19,20,22)/b14-8+. The fourth-order valence-electron chi connectivity index (χ4n) is 2.48. The molecule has 0 unspecified atom stereocenters. The molecule has 1 N–H and O–H groups in total. The van der Waals surface area contributed by atoms with Crippen molar-refractivity contribution in [3.05, 3.63) is 40.5 Å². The zero-order valence-electron chi connectivity index (χ0n) is 15.3. The highest BCUT2D eigenvalue weighted by atomic mass is 32.2. The number of carbonyl (C=O) groups is 3. The van der Waals surface area contributed by atoms with E-state index in [2.05, 4.69) is 10.5 Å². The Morgan fingerprint density at radius 2 is 2.00 bits per heavy atom. The average molecular weight is 403 g/mol. The van der Waals surface area contributed by atoms with Gasteiger partial charge in [-0.05, 0) is 42.5 Å². The molecule has 0 saturated carbocycles. The van der Waals surface area contributed by atoms with Crippen LogP contribution in [0.25, 0.3) is 6.08 Å². The molecule has 1 aliphatic rings. The van der Waals surface area contributed by atoms with Crippen LogP contribution in [0.5, 0.6) is 11.5 Å². The predicted molar refractivity (Wildman–Crippen MR) is 102 cm³/mol. The molecule has 0 spiro atoms. The van der Waals surface area contributed by atoms with Gasteiger partial charge in [-0.1, -0.05) is 11.2 Å². The molecule has 0 aliphatic carbocycles. The van der Waals surface area contributed by atoms with Crippen molar-refractivity contribution in [2.45, 2.75) is 6.92 Å². The molecule has 1 aromatic carbocycles. The van der Waals surface area contributed by atoms with Gasteiger partial charge in [-0.2, -0.15) is 0 Å². The molecule has 9 nitrogen and oxygen atoms in total. The number of nitrogens with one attached hydrogen (secondary N) is 1. The molecule has 10 heteroatoms. The lowest BCUT2D eigenvalue weighted by atomic mass is 10.2. The normalized spacial score (nSPS) is 15.2. The second-order valence-electron chi connectivity index (χ2n) is 5.75. The molecule has 3 amide bonds. The van der Waals surface area contributed by atoms with Gasteiger partial charge in [0.2, 0.25) is 5.91 Å². The summed E-state index contributed by atoms with van der Waals surface area (Å²) in [6.45, 7) is 1.26. The molecular formula is C18H17N3O6S. The molecule has 1 aromatic heterocycles. The molecule has 2 aromatic rings. The quantitative estimate of drug-likeness (QED) is 0.733. The van der Waals surface area contributed by atoms with Gasteiger partial charge in [0.1, 0.15) is 12.3 Å². The number of rotatable bonds is 6. The lowest BCUT2D eigenvalue weighted by Gasteiger charge is -2.11. The number of amides is 3. The molecule has 0 bridgehead atoms. The Labute approximate surface area is 164 Å². The summed E-state index contributed by atoms with van der Waals surface area (Å²) in [5, 5.41) is 5.58. The Morgan fingerprint density at radius 1 is 1.25 bits per heavy atom. The van der Waals surface area contributed by atoms with E-state index < -0.39 is 23.6 Å². The summed E-state index contributed by atoms with van der Waals surface area (Å²) in [7, 11) is 3.03. The number of thioether (sulfide) groups is 1. The maximum absolute atomic E-state index is 12.5. The second kappa shape index (κ2) is 8.17. The number of hydrogen-bond donors (Lipinski definition) is 1. The summed E-state index contributed by atoms with van der Waals surface area (Å²) in [6.07, 6.45) is 1.56. The first-order valence-electron chi connectivity index (χ1n) is 8.12. The highest BCUT2D eigenvalue weighted by Crippen LogP contribution is 2.34. The first-order valence-corrected chi connectivity index (χ1v) is 8.93. The number of nitrogens with zero attached hydrogens (tertiary/aromatic N) is 2. The zero-order chi connectivity index (χ0) is 20.3. The van der Waals surface area contributed by atoms with E-state index in [0.29, 0.717) is 22.8 Å². The summed E-state index contributed by atoms with van der Waals surface area (Å²) in [6, 6.07) is 6.65. The van der Waals surface area contributed by atoms with Gasteiger partial charge in [-0.3, -0.25) is 19.3 Å². The van der Waals surface area contributed by atoms with Crippen LogP contribution in [0, 0.1) is 6.92 Å². The monoisotopic (exact) mass is 403 g/mol. The first kappa shape index (κ1) is 19.5. The van der Waals surface area contributed by atoms with Crippen LogP contribution in [0.1, 0.15) is 11.3 Å². The molecule has 3 rings (SSSR count). The summed E-state index contributed by atoms with van der Waals surface area (Å²) in [5.74, 6) is 0.694. The minimum atomic E-state index is -0.553. The summed E-state index contributed by atoms with van der Waals surface area (Å²) < 4.78 is 15.3. The molecule has 28 heavy (non-hydrogen) atoms. The highest BCUT2D eigenvalue weighted by Gasteiger charge is 2.36. The fourth-order valence-corrected chi connectivity index (χ4v) is 3.32. The highest BCUT2D eigenvalue weighted by molar-refractivity contribution is 8.18. The Bertz CT molecular complexity index is 968. The van der Waals surface area contributed by atoms with Crippen molar-refractivity contribution in [1.29, 1.82) is 0 Å². The third kappa shape index (κ3) is 4.17. The van der Waals surface area contributed by atoms with E-state index >= 15 is 0 Å². The lowest BCUT2D eigenvalue weighted by molar-refractivity contribution is -0.127. The van der Waals surface area contributed by atoms with Crippen molar-refractivity contribution in [1.82, 2.24) is 10.1 Å². The van der Waals surface area contributed by atoms with Gasteiger partial charge < -0.3 is 19.3 Å². The van der Waals surface area contributed by atoms with Crippen LogP contribution < -0.4 is 14.8 Å². The largest absolute Gasteiger partial charge is 0.493 e. The molecule has 0 atom stereocenters. The minimum absolute atomic E-state index is 0.210. The fraction of sp³-hybridized carbons (Fsp3) is 0.222. The van der Waals surface area contributed by atoms with Gasteiger partial charge in [0.25, 0.3) is 11.1 Å². The number of aryl methyl sites for hydroxylation is 1. The van der Waals surface area contributed by atoms with E-state index in [4.69, 9.17) is 14.0 Å². The van der Waals surface area contributed by atoms with E-state index in [1.165, 1.54) is 20.3 Å². The van der Waals surface area contributed by atoms with Crippen LogP contribution in [0.3, 0.4) is 0 Å². The lowest BCUT2D eigenvalue weighted by Crippen LogP contribution is -2.36. The number of anilines is 1. The summed E-state index contributed by atoms with van der Waals surface area (Å²) in [4.78, 5) is 37.9. The van der Waals surface area contributed by atoms with E-state index in [0.717, 1.165) is 16.7 Å². The molecule has 1 aliphatic heterocycles. The van der Waals surface area contributed by atoms with Crippen LogP contribution in [-0.4, -0.2) is 47.9 Å². The molecular weight excluding hydrogens is 386 g/mol.